The van der Waals surface area contributed by atoms with E-state index in [0.29, 0.717) is 12.1 Å². The third-order valence-corrected chi connectivity index (χ3v) is 6.77. The second-order valence-electron chi connectivity index (χ2n) is 7.39. The number of likely N-dealkylation sites (tertiary alicyclic amines) is 2. The summed E-state index contributed by atoms with van der Waals surface area (Å²) in [5.41, 5.74) is 0. The highest BCUT2D eigenvalue weighted by Gasteiger charge is 2.25. The zero-order chi connectivity index (χ0) is 18.2. The number of thiophene rings is 1. The van der Waals surface area contributed by atoms with Gasteiger partial charge in [0.2, 0.25) is 0 Å². The molecule has 27 heavy (non-hydrogen) atoms. The van der Waals surface area contributed by atoms with Gasteiger partial charge in [-0.25, -0.2) is 0 Å². The second kappa shape index (κ2) is 12.2. The van der Waals surface area contributed by atoms with Gasteiger partial charge in [0.1, 0.15) is 0 Å². The van der Waals surface area contributed by atoms with Gasteiger partial charge in [-0.05, 0) is 63.3 Å². The van der Waals surface area contributed by atoms with Gasteiger partial charge in [-0.2, -0.15) is 0 Å². The van der Waals surface area contributed by atoms with Crippen molar-refractivity contribution in [2.24, 2.45) is 4.99 Å². The fourth-order valence-electron chi connectivity index (χ4n) is 4.28. The molecule has 2 saturated heterocycles. The van der Waals surface area contributed by atoms with Gasteiger partial charge in [0.15, 0.2) is 5.96 Å². The van der Waals surface area contributed by atoms with Gasteiger partial charge in [0.05, 0.1) is 6.04 Å². The number of nitrogens with zero attached hydrogens (tertiary/aromatic N) is 3. The van der Waals surface area contributed by atoms with Crippen LogP contribution in [0.15, 0.2) is 22.5 Å². The zero-order valence-corrected chi connectivity index (χ0v) is 20.0. The molecule has 2 fully saturated rings. The number of piperidine rings is 1. The molecule has 0 aliphatic carbocycles. The maximum Gasteiger partial charge on any atom is 0.191 e. The highest BCUT2D eigenvalue weighted by atomic mass is 127. The summed E-state index contributed by atoms with van der Waals surface area (Å²) in [4.78, 5) is 11.1. The molecule has 3 heterocycles. The van der Waals surface area contributed by atoms with Crippen molar-refractivity contribution in [3.05, 3.63) is 22.4 Å². The number of halogens is 1. The summed E-state index contributed by atoms with van der Waals surface area (Å²) >= 11 is 1.87. The quantitative estimate of drug-likeness (QED) is 0.338. The van der Waals surface area contributed by atoms with Crippen molar-refractivity contribution in [3.8, 4) is 0 Å². The van der Waals surface area contributed by atoms with Crippen LogP contribution < -0.4 is 10.6 Å². The van der Waals surface area contributed by atoms with Gasteiger partial charge in [0, 0.05) is 31.1 Å². The average molecular weight is 506 g/mol. The summed E-state index contributed by atoms with van der Waals surface area (Å²) in [5, 5.41) is 9.36. The Labute approximate surface area is 186 Å². The number of rotatable bonds is 7. The van der Waals surface area contributed by atoms with Crippen LogP contribution >= 0.6 is 35.3 Å². The molecule has 2 unspecified atom stereocenters. The Kier molecular flexibility index (Phi) is 10.4. The van der Waals surface area contributed by atoms with Crippen molar-refractivity contribution in [1.82, 2.24) is 20.4 Å². The predicted octanol–water partition coefficient (Wildman–Crippen LogP) is 3.54. The second-order valence-corrected chi connectivity index (χ2v) is 8.37. The molecule has 1 aromatic heterocycles. The molecular formula is C20H36IN5S. The van der Waals surface area contributed by atoms with E-state index in [1.54, 1.807) is 0 Å². The summed E-state index contributed by atoms with van der Waals surface area (Å²) in [7, 11) is 1.88. The first-order chi connectivity index (χ1) is 12.8. The van der Waals surface area contributed by atoms with Gasteiger partial charge in [-0.1, -0.05) is 19.4 Å². The first-order valence-electron chi connectivity index (χ1n) is 10.3. The Morgan fingerprint density at radius 3 is 2.67 bits per heavy atom. The number of likely N-dealkylation sites (N-methyl/N-ethyl adjacent to an activating group) is 1. The van der Waals surface area contributed by atoms with E-state index in [1.165, 1.54) is 56.6 Å². The lowest BCUT2D eigenvalue weighted by Gasteiger charge is -2.35. The third kappa shape index (κ3) is 6.58. The van der Waals surface area contributed by atoms with E-state index in [2.05, 4.69) is 49.9 Å². The van der Waals surface area contributed by atoms with Gasteiger partial charge >= 0.3 is 0 Å². The average Bonchev–Trinajstić information content (AvgIpc) is 3.39. The van der Waals surface area contributed by atoms with Gasteiger partial charge in [-0.15, -0.1) is 35.3 Å². The third-order valence-electron chi connectivity index (χ3n) is 5.80. The first-order valence-corrected chi connectivity index (χ1v) is 11.2. The Balaban J connectivity index is 0.00000261. The molecule has 3 rings (SSSR count). The number of aliphatic imine (C=N–C) groups is 1. The number of guanidine groups is 1. The van der Waals surface area contributed by atoms with Crippen LogP contribution in [0.3, 0.4) is 0 Å². The van der Waals surface area contributed by atoms with Crippen molar-refractivity contribution in [2.75, 3.05) is 46.3 Å². The lowest BCUT2D eigenvalue weighted by molar-refractivity contribution is 0.157. The zero-order valence-electron chi connectivity index (χ0n) is 16.8. The summed E-state index contributed by atoms with van der Waals surface area (Å²) in [6.45, 7) is 8.99. The maximum atomic E-state index is 4.46. The van der Waals surface area contributed by atoms with E-state index in [4.69, 9.17) is 0 Å². The van der Waals surface area contributed by atoms with Gasteiger partial charge in [0.25, 0.3) is 0 Å². The van der Waals surface area contributed by atoms with E-state index in [-0.39, 0.29) is 24.0 Å². The molecule has 5 nitrogen and oxygen atoms in total. The van der Waals surface area contributed by atoms with Crippen LogP contribution in [-0.2, 0) is 0 Å². The number of hydrogen-bond donors (Lipinski definition) is 2. The molecule has 7 heteroatoms. The Bertz CT molecular complexity index is 545. The number of nitrogens with one attached hydrogen (secondary N) is 2. The van der Waals surface area contributed by atoms with Crippen LogP contribution in [0.2, 0.25) is 0 Å². The normalized spacial score (nSPS) is 23.0. The largest absolute Gasteiger partial charge is 0.355 e. The van der Waals surface area contributed by atoms with Crippen molar-refractivity contribution < 1.29 is 0 Å². The fraction of sp³-hybridized carbons (Fsp3) is 0.750. The van der Waals surface area contributed by atoms with Crippen molar-refractivity contribution in [3.63, 3.8) is 0 Å². The number of hydrogen-bond acceptors (Lipinski definition) is 4. The van der Waals surface area contributed by atoms with Crippen LogP contribution in [-0.4, -0.2) is 68.1 Å². The molecule has 2 aliphatic heterocycles. The van der Waals surface area contributed by atoms with Crippen LogP contribution in [0.4, 0.5) is 0 Å². The molecule has 0 aromatic carbocycles. The Morgan fingerprint density at radius 1 is 1.22 bits per heavy atom. The standard InChI is InChI=1S/C20H35N5S.HI/c1-3-24-11-5-4-9-17(24)15-22-20(21-2)23-16-18(19-10-8-14-26-19)25-12-6-7-13-25;/h8,10,14,17-18H,3-7,9,11-13,15-16H2,1-2H3,(H2,21,22,23);1H. The molecule has 0 radical (unpaired) electrons. The Hall–Kier alpha value is -0.380. The molecule has 0 spiro atoms. The Morgan fingerprint density at radius 2 is 2.00 bits per heavy atom. The maximum absolute atomic E-state index is 4.46. The smallest absolute Gasteiger partial charge is 0.191 e. The van der Waals surface area contributed by atoms with Crippen molar-refractivity contribution in [2.45, 2.75) is 51.1 Å². The molecule has 1 aromatic rings. The summed E-state index contributed by atoms with van der Waals surface area (Å²) in [6, 6.07) is 5.53. The molecule has 0 saturated carbocycles. The van der Waals surface area contributed by atoms with Gasteiger partial charge < -0.3 is 10.6 Å². The van der Waals surface area contributed by atoms with E-state index < -0.39 is 0 Å². The summed E-state index contributed by atoms with van der Waals surface area (Å²) in [5.74, 6) is 0.937. The van der Waals surface area contributed by atoms with E-state index in [9.17, 15) is 0 Å². The summed E-state index contributed by atoms with van der Waals surface area (Å²) < 4.78 is 0. The van der Waals surface area contributed by atoms with Crippen LogP contribution in [0.25, 0.3) is 0 Å². The van der Waals surface area contributed by atoms with Crippen molar-refractivity contribution in [1.29, 1.82) is 0 Å². The highest BCUT2D eigenvalue weighted by Crippen LogP contribution is 2.27. The molecule has 2 atom stereocenters. The first kappa shape index (κ1) is 22.9. The van der Waals surface area contributed by atoms with E-state index in [0.717, 1.165) is 25.6 Å². The van der Waals surface area contributed by atoms with Crippen LogP contribution in [0.1, 0.15) is 49.9 Å². The molecule has 0 bridgehead atoms. The van der Waals surface area contributed by atoms with Crippen molar-refractivity contribution >= 4 is 41.3 Å². The minimum Gasteiger partial charge on any atom is -0.355 e. The van der Waals surface area contributed by atoms with Crippen LogP contribution in [0, 0.1) is 0 Å². The molecule has 154 valence electrons. The van der Waals surface area contributed by atoms with Gasteiger partial charge in [-0.3, -0.25) is 14.8 Å². The minimum atomic E-state index is 0. The molecule has 0 amide bonds. The summed E-state index contributed by atoms with van der Waals surface area (Å²) in [6.07, 6.45) is 6.64. The predicted molar refractivity (Wildman–Crippen MR) is 128 cm³/mol. The molecule has 2 aliphatic rings. The highest BCUT2D eigenvalue weighted by molar-refractivity contribution is 14.0. The lowest BCUT2D eigenvalue weighted by Crippen LogP contribution is -2.50. The van der Waals surface area contributed by atoms with Crippen LogP contribution in [0.5, 0.6) is 0 Å². The molecular weight excluding hydrogens is 469 g/mol. The fourth-order valence-corrected chi connectivity index (χ4v) is 5.14. The SMILES string of the molecule is CCN1CCCCC1CNC(=NC)NCC(c1cccs1)N1CCCC1.I. The monoisotopic (exact) mass is 505 g/mol. The minimum absolute atomic E-state index is 0. The molecule has 2 N–H and O–H groups in total. The van der Waals surface area contributed by atoms with E-state index >= 15 is 0 Å². The topological polar surface area (TPSA) is 42.9 Å². The van der Waals surface area contributed by atoms with E-state index in [1.807, 2.05) is 18.4 Å². The lowest BCUT2D eigenvalue weighted by atomic mass is 10.0.